The summed E-state index contributed by atoms with van der Waals surface area (Å²) < 4.78 is 0. The van der Waals surface area contributed by atoms with Crippen molar-refractivity contribution in [1.82, 2.24) is 24.9 Å². The normalized spacial score (nSPS) is 16.7. The van der Waals surface area contributed by atoms with Crippen LogP contribution in [-0.2, 0) is 5.41 Å². The van der Waals surface area contributed by atoms with E-state index in [1.165, 1.54) is 0 Å². The van der Waals surface area contributed by atoms with Crippen molar-refractivity contribution >= 4 is 39.5 Å². The summed E-state index contributed by atoms with van der Waals surface area (Å²) in [5.74, 6) is 1.63. The van der Waals surface area contributed by atoms with E-state index in [-0.39, 0.29) is 0 Å². The second-order valence-corrected chi connectivity index (χ2v) is 7.30. The van der Waals surface area contributed by atoms with Crippen molar-refractivity contribution in [2.45, 2.75) is 18.3 Å². The monoisotopic (exact) mass is 377 g/mol. The van der Waals surface area contributed by atoms with Gasteiger partial charge >= 0.3 is 0 Å². The number of hydrogen-bond acceptors (Lipinski definition) is 5. The van der Waals surface area contributed by atoms with E-state index in [4.69, 9.17) is 11.6 Å². The molecule has 8 heteroatoms. The maximum Gasteiger partial charge on any atom is 0.142 e. The summed E-state index contributed by atoms with van der Waals surface area (Å²) >= 11 is 6.07. The van der Waals surface area contributed by atoms with Crippen LogP contribution in [0.3, 0.4) is 0 Å². The maximum atomic E-state index is 9.99. The Morgan fingerprint density at radius 1 is 1.19 bits per heavy atom. The fourth-order valence-corrected chi connectivity index (χ4v) is 3.98. The second-order valence-electron chi connectivity index (χ2n) is 6.87. The molecule has 0 aliphatic carbocycles. The molecule has 4 heterocycles. The minimum atomic E-state index is -0.633. The largest absolute Gasteiger partial charge is 0.356 e. The molecule has 0 unspecified atom stereocenters. The van der Waals surface area contributed by atoms with Gasteiger partial charge in [0, 0.05) is 24.3 Å². The Hall–Kier alpha value is -3.11. The molecule has 4 aromatic rings. The highest BCUT2D eigenvalue weighted by Gasteiger charge is 2.40. The van der Waals surface area contributed by atoms with Gasteiger partial charge in [-0.15, -0.1) is 0 Å². The molecule has 0 saturated carbocycles. The molecule has 0 radical (unpaired) electrons. The number of aromatic nitrogens is 5. The average molecular weight is 378 g/mol. The number of halogens is 1. The Kier molecular flexibility index (Phi) is 3.55. The molecule has 134 valence electrons. The van der Waals surface area contributed by atoms with Crippen molar-refractivity contribution in [3.05, 3.63) is 47.6 Å². The number of rotatable bonds is 2. The van der Waals surface area contributed by atoms with E-state index in [1.807, 2.05) is 30.5 Å². The minimum Gasteiger partial charge on any atom is -0.356 e. The summed E-state index contributed by atoms with van der Waals surface area (Å²) in [4.78, 5) is 22.0. The van der Waals surface area contributed by atoms with Gasteiger partial charge in [-0.3, -0.25) is 0 Å². The molecule has 2 N–H and O–H groups in total. The van der Waals surface area contributed by atoms with Crippen LogP contribution < -0.4 is 4.90 Å². The van der Waals surface area contributed by atoms with Crippen LogP contribution in [0.15, 0.2) is 36.8 Å². The summed E-state index contributed by atoms with van der Waals surface area (Å²) in [6.45, 7) is 1.45. The van der Waals surface area contributed by atoms with E-state index in [9.17, 15) is 5.26 Å². The molecule has 27 heavy (non-hydrogen) atoms. The number of anilines is 1. The van der Waals surface area contributed by atoms with Crippen LogP contribution in [0.4, 0.5) is 5.82 Å². The van der Waals surface area contributed by atoms with Crippen molar-refractivity contribution in [2.24, 2.45) is 0 Å². The van der Waals surface area contributed by atoms with Gasteiger partial charge in [0.25, 0.3) is 0 Å². The molecule has 0 amide bonds. The Morgan fingerprint density at radius 2 is 2.04 bits per heavy atom. The van der Waals surface area contributed by atoms with Gasteiger partial charge in [0.2, 0.25) is 0 Å². The fraction of sp³-hybridized carbons (Fsp3) is 0.263. The number of nitriles is 1. The minimum absolute atomic E-state index is 0.633. The van der Waals surface area contributed by atoms with E-state index in [2.05, 4.69) is 35.9 Å². The molecule has 1 aliphatic heterocycles. The number of hydrogen-bond donors (Lipinski definition) is 2. The van der Waals surface area contributed by atoms with Crippen molar-refractivity contribution in [3.8, 4) is 6.07 Å². The number of nitrogens with one attached hydrogen (secondary N) is 2. The molecule has 1 aromatic carbocycles. The lowest BCUT2D eigenvalue weighted by Crippen LogP contribution is -2.43. The quantitative estimate of drug-likeness (QED) is 0.556. The van der Waals surface area contributed by atoms with Gasteiger partial charge < -0.3 is 14.9 Å². The number of nitrogens with zero attached hydrogens (tertiary/aromatic N) is 5. The van der Waals surface area contributed by atoms with Crippen LogP contribution in [-0.4, -0.2) is 38.0 Å². The zero-order valence-electron chi connectivity index (χ0n) is 14.4. The van der Waals surface area contributed by atoms with Crippen molar-refractivity contribution in [3.63, 3.8) is 0 Å². The molecule has 5 rings (SSSR count). The molecular formula is C19H16ClN7. The van der Waals surface area contributed by atoms with Gasteiger partial charge in [0.15, 0.2) is 0 Å². The summed E-state index contributed by atoms with van der Waals surface area (Å²) in [5, 5.41) is 11.6. The van der Waals surface area contributed by atoms with Crippen molar-refractivity contribution < 1.29 is 0 Å². The van der Waals surface area contributed by atoms with Crippen LogP contribution in [0.5, 0.6) is 0 Å². The lowest BCUT2D eigenvalue weighted by atomic mass is 9.79. The van der Waals surface area contributed by atoms with Gasteiger partial charge in [-0.25, -0.2) is 15.0 Å². The van der Waals surface area contributed by atoms with Crippen molar-refractivity contribution in [2.75, 3.05) is 18.0 Å². The Balaban J connectivity index is 1.46. The Morgan fingerprint density at radius 3 is 2.85 bits per heavy atom. The second kappa shape index (κ2) is 5.96. The van der Waals surface area contributed by atoms with E-state index >= 15 is 0 Å². The lowest BCUT2D eigenvalue weighted by molar-refractivity contribution is 0.398. The molecule has 0 atom stereocenters. The number of benzene rings is 1. The van der Waals surface area contributed by atoms with Gasteiger partial charge in [-0.2, -0.15) is 5.26 Å². The predicted octanol–water partition coefficient (Wildman–Crippen LogP) is 3.55. The van der Waals surface area contributed by atoms with E-state index in [0.717, 1.165) is 46.8 Å². The van der Waals surface area contributed by atoms with Crippen LogP contribution in [0.1, 0.15) is 18.7 Å². The molecule has 7 nitrogen and oxygen atoms in total. The van der Waals surface area contributed by atoms with Gasteiger partial charge in [0.05, 0.1) is 22.5 Å². The number of piperidine rings is 1. The first-order valence-electron chi connectivity index (χ1n) is 8.79. The molecule has 0 bridgehead atoms. The number of fused-ring (bicyclic) bond motifs is 2. The SMILES string of the molecule is N#CC1(c2nc3cc(Cl)ccc3[nH]2)CCN(c2ncnc3[nH]ccc23)CC1. The first-order valence-corrected chi connectivity index (χ1v) is 9.16. The molecule has 1 saturated heterocycles. The van der Waals surface area contributed by atoms with E-state index in [1.54, 1.807) is 6.33 Å². The number of H-pyrrole nitrogens is 2. The van der Waals surface area contributed by atoms with Gasteiger partial charge in [-0.05, 0) is 37.1 Å². The third-order valence-electron chi connectivity index (χ3n) is 5.36. The van der Waals surface area contributed by atoms with Crippen molar-refractivity contribution in [1.29, 1.82) is 5.26 Å². The summed E-state index contributed by atoms with van der Waals surface area (Å²) in [6, 6.07) is 10.1. The summed E-state index contributed by atoms with van der Waals surface area (Å²) in [5.41, 5.74) is 1.88. The highest BCUT2D eigenvalue weighted by Crippen LogP contribution is 2.36. The van der Waals surface area contributed by atoms with E-state index in [0.29, 0.717) is 17.9 Å². The van der Waals surface area contributed by atoms with Crippen LogP contribution in [0.25, 0.3) is 22.1 Å². The first kappa shape index (κ1) is 16.1. The smallest absolute Gasteiger partial charge is 0.142 e. The highest BCUT2D eigenvalue weighted by molar-refractivity contribution is 6.31. The summed E-state index contributed by atoms with van der Waals surface area (Å²) in [6.07, 6.45) is 4.79. The molecular weight excluding hydrogens is 362 g/mol. The number of imidazole rings is 1. The lowest BCUT2D eigenvalue weighted by Gasteiger charge is -2.36. The van der Waals surface area contributed by atoms with E-state index < -0.39 is 5.41 Å². The first-order chi connectivity index (χ1) is 13.2. The standard InChI is InChI=1S/C19H16ClN7/c20-12-1-2-14-15(9-12)26-18(25-14)19(10-21)4-7-27(8-5-19)17-13-3-6-22-16(13)23-11-24-17/h1-3,6,9,11H,4-5,7-8H2,(H,25,26)(H,22,23,24). The topological polar surface area (TPSA) is 97.3 Å². The average Bonchev–Trinajstić information content (AvgIpc) is 3.34. The summed E-state index contributed by atoms with van der Waals surface area (Å²) in [7, 11) is 0. The van der Waals surface area contributed by atoms with Crippen LogP contribution in [0.2, 0.25) is 5.02 Å². The number of aromatic amines is 2. The predicted molar refractivity (Wildman–Crippen MR) is 104 cm³/mol. The van der Waals surface area contributed by atoms with Gasteiger partial charge in [0.1, 0.15) is 29.0 Å². The fourth-order valence-electron chi connectivity index (χ4n) is 3.82. The zero-order chi connectivity index (χ0) is 18.4. The van der Waals surface area contributed by atoms with Gasteiger partial charge in [-0.1, -0.05) is 11.6 Å². The third kappa shape index (κ3) is 2.53. The molecule has 1 aliphatic rings. The Labute approximate surface area is 160 Å². The maximum absolute atomic E-state index is 9.99. The van der Waals surface area contributed by atoms with Crippen LogP contribution in [0, 0.1) is 11.3 Å². The Bertz CT molecular complexity index is 1180. The van der Waals surface area contributed by atoms with Crippen LogP contribution >= 0.6 is 11.6 Å². The zero-order valence-corrected chi connectivity index (χ0v) is 15.2. The molecule has 3 aromatic heterocycles. The third-order valence-corrected chi connectivity index (χ3v) is 5.60. The molecule has 0 spiro atoms. The highest BCUT2D eigenvalue weighted by atomic mass is 35.5. The molecule has 1 fully saturated rings.